The minimum Gasteiger partial charge on any atom is -0.494 e. The van der Waals surface area contributed by atoms with Gasteiger partial charge >= 0.3 is 0 Å². The lowest BCUT2D eigenvalue weighted by Crippen LogP contribution is -2.37. The van der Waals surface area contributed by atoms with Crippen molar-refractivity contribution in [3.63, 3.8) is 0 Å². The fraction of sp³-hybridized carbons (Fsp3) is 0.310. The first-order valence-electron chi connectivity index (χ1n) is 12.4. The van der Waals surface area contributed by atoms with Crippen LogP contribution in [0.5, 0.6) is 23.0 Å². The van der Waals surface area contributed by atoms with Crippen molar-refractivity contribution in [1.29, 1.82) is 0 Å². The summed E-state index contributed by atoms with van der Waals surface area (Å²) < 4.78 is 22.3. The maximum absolute atomic E-state index is 13.9. The molecule has 5 rings (SSSR count). The molecule has 2 amide bonds. The van der Waals surface area contributed by atoms with Crippen LogP contribution in [0.2, 0.25) is 0 Å². The standard InChI is InChI=1S/C29H30N2O7/c1-5-15-37-21-13-11-19(12-14-21)30-28(32)24-25(18-16-22(34-2)26(36-4)23(17-18)35-3)31(38-27(24)29(30)33)20-9-7-6-8-10-20/h6-14,16-17,24-25,27H,5,15H2,1-4H3/t24-,25-,27+/m0/s1. The van der Waals surface area contributed by atoms with Crippen molar-refractivity contribution in [3.8, 4) is 23.0 Å². The quantitative estimate of drug-likeness (QED) is 0.382. The number of para-hydroxylation sites is 1. The molecule has 0 radical (unpaired) electrons. The Bertz CT molecular complexity index is 1290. The summed E-state index contributed by atoms with van der Waals surface area (Å²) in [6.07, 6.45) is -0.117. The van der Waals surface area contributed by atoms with E-state index in [0.29, 0.717) is 46.5 Å². The first kappa shape index (κ1) is 25.4. The van der Waals surface area contributed by atoms with Crippen LogP contribution in [0.3, 0.4) is 0 Å². The summed E-state index contributed by atoms with van der Waals surface area (Å²) in [5, 5.41) is 1.63. The molecule has 3 atom stereocenters. The van der Waals surface area contributed by atoms with E-state index >= 15 is 0 Å². The Labute approximate surface area is 221 Å². The molecular weight excluding hydrogens is 488 g/mol. The van der Waals surface area contributed by atoms with E-state index in [4.69, 9.17) is 23.8 Å². The van der Waals surface area contributed by atoms with Gasteiger partial charge in [-0.1, -0.05) is 25.1 Å². The van der Waals surface area contributed by atoms with Crippen molar-refractivity contribution in [1.82, 2.24) is 0 Å². The number of carbonyl (C=O) groups excluding carboxylic acids is 2. The molecule has 2 saturated heterocycles. The molecule has 0 N–H and O–H groups in total. The lowest BCUT2D eigenvalue weighted by Gasteiger charge is -2.29. The van der Waals surface area contributed by atoms with Crippen LogP contribution in [0.15, 0.2) is 66.7 Å². The van der Waals surface area contributed by atoms with E-state index < -0.39 is 24.0 Å². The number of fused-ring (bicyclic) bond motifs is 1. The van der Waals surface area contributed by atoms with Gasteiger partial charge in [0.1, 0.15) is 11.7 Å². The van der Waals surface area contributed by atoms with Gasteiger partial charge in [-0.2, -0.15) is 0 Å². The SMILES string of the molecule is CCCOc1ccc(N2C(=O)[C@@H]3[C@@H](ON(c4ccccc4)[C@H]3c3cc(OC)c(OC)c(OC)c3)C2=O)cc1. The number of hydrogen-bond acceptors (Lipinski definition) is 8. The summed E-state index contributed by atoms with van der Waals surface area (Å²) in [7, 11) is 4.59. The van der Waals surface area contributed by atoms with Crippen LogP contribution in [0.1, 0.15) is 24.9 Å². The van der Waals surface area contributed by atoms with E-state index in [1.165, 1.54) is 26.2 Å². The van der Waals surface area contributed by atoms with Crippen molar-refractivity contribution in [2.45, 2.75) is 25.5 Å². The van der Waals surface area contributed by atoms with Crippen LogP contribution in [0.4, 0.5) is 11.4 Å². The molecule has 0 aliphatic carbocycles. The zero-order valence-corrected chi connectivity index (χ0v) is 21.7. The molecule has 0 bridgehead atoms. The number of imide groups is 1. The molecule has 0 aromatic heterocycles. The molecule has 9 nitrogen and oxygen atoms in total. The highest BCUT2D eigenvalue weighted by Gasteiger charge is 2.60. The van der Waals surface area contributed by atoms with Gasteiger partial charge in [-0.15, -0.1) is 0 Å². The monoisotopic (exact) mass is 518 g/mol. The predicted molar refractivity (Wildman–Crippen MR) is 141 cm³/mol. The number of ether oxygens (including phenoxy) is 4. The van der Waals surface area contributed by atoms with Gasteiger partial charge in [0.2, 0.25) is 11.7 Å². The fourth-order valence-electron chi connectivity index (χ4n) is 4.99. The van der Waals surface area contributed by atoms with Crippen LogP contribution >= 0.6 is 0 Å². The van der Waals surface area contributed by atoms with Gasteiger partial charge in [0, 0.05) is 0 Å². The molecule has 2 aliphatic rings. The van der Waals surface area contributed by atoms with Crippen LogP contribution in [0.25, 0.3) is 0 Å². The molecule has 2 fully saturated rings. The Hall–Kier alpha value is -4.24. The van der Waals surface area contributed by atoms with Gasteiger partial charge in [-0.05, 0) is 60.5 Å². The van der Waals surface area contributed by atoms with Crippen molar-refractivity contribution < 1.29 is 33.4 Å². The Kier molecular flexibility index (Phi) is 7.11. The first-order valence-corrected chi connectivity index (χ1v) is 12.4. The molecule has 3 aromatic rings. The Morgan fingerprint density at radius 2 is 1.47 bits per heavy atom. The van der Waals surface area contributed by atoms with Crippen molar-refractivity contribution in [3.05, 3.63) is 72.3 Å². The number of amides is 2. The number of nitrogens with zero attached hydrogens (tertiary/aromatic N) is 2. The third-order valence-electron chi connectivity index (χ3n) is 6.72. The molecule has 2 aliphatic heterocycles. The van der Waals surface area contributed by atoms with Gasteiger partial charge in [-0.25, -0.2) is 9.96 Å². The Morgan fingerprint density at radius 3 is 2.05 bits per heavy atom. The van der Waals surface area contributed by atoms with E-state index in [0.717, 1.165) is 6.42 Å². The third-order valence-corrected chi connectivity index (χ3v) is 6.72. The minimum atomic E-state index is -0.997. The minimum absolute atomic E-state index is 0.348. The summed E-state index contributed by atoms with van der Waals surface area (Å²) in [6, 6.07) is 19.3. The highest BCUT2D eigenvalue weighted by Crippen LogP contribution is 2.50. The van der Waals surface area contributed by atoms with E-state index in [1.807, 2.05) is 37.3 Å². The summed E-state index contributed by atoms with van der Waals surface area (Å²) in [6.45, 7) is 2.61. The van der Waals surface area contributed by atoms with Gasteiger partial charge in [0.25, 0.3) is 5.91 Å². The first-order chi connectivity index (χ1) is 18.5. The van der Waals surface area contributed by atoms with Crippen LogP contribution in [-0.4, -0.2) is 45.9 Å². The molecular formula is C29H30N2O7. The zero-order valence-electron chi connectivity index (χ0n) is 21.7. The van der Waals surface area contributed by atoms with Gasteiger partial charge in [0.05, 0.1) is 45.4 Å². The normalized spacial score (nSPS) is 20.5. The molecule has 0 spiro atoms. The summed E-state index contributed by atoms with van der Waals surface area (Å²) in [5.74, 6) is 0.418. The van der Waals surface area contributed by atoms with Crippen molar-refractivity contribution >= 4 is 23.2 Å². The molecule has 198 valence electrons. The maximum Gasteiger partial charge on any atom is 0.266 e. The second-order valence-corrected chi connectivity index (χ2v) is 8.97. The van der Waals surface area contributed by atoms with Crippen LogP contribution < -0.4 is 28.9 Å². The molecule has 38 heavy (non-hydrogen) atoms. The number of anilines is 2. The molecule has 2 heterocycles. The number of hydroxylamine groups is 1. The van der Waals surface area contributed by atoms with Crippen LogP contribution in [-0.2, 0) is 14.4 Å². The Balaban J connectivity index is 1.56. The number of methoxy groups -OCH3 is 3. The fourth-order valence-corrected chi connectivity index (χ4v) is 4.99. The molecule has 0 saturated carbocycles. The molecule has 3 aromatic carbocycles. The van der Waals surface area contributed by atoms with Gasteiger partial charge in [0.15, 0.2) is 17.6 Å². The number of hydrogen-bond donors (Lipinski definition) is 0. The second-order valence-electron chi connectivity index (χ2n) is 8.97. The largest absolute Gasteiger partial charge is 0.494 e. The summed E-state index contributed by atoms with van der Waals surface area (Å²) >= 11 is 0. The third kappa shape index (κ3) is 4.28. The Morgan fingerprint density at radius 1 is 0.816 bits per heavy atom. The average molecular weight is 519 g/mol. The topological polar surface area (TPSA) is 86.8 Å². The lowest BCUT2D eigenvalue weighted by atomic mass is 9.90. The zero-order chi connectivity index (χ0) is 26.8. The van der Waals surface area contributed by atoms with Crippen molar-refractivity contribution in [2.75, 3.05) is 37.9 Å². The van der Waals surface area contributed by atoms with E-state index in [-0.39, 0.29) is 5.91 Å². The number of benzene rings is 3. The average Bonchev–Trinajstić information content (AvgIpc) is 3.47. The smallest absolute Gasteiger partial charge is 0.266 e. The second kappa shape index (κ2) is 10.6. The lowest BCUT2D eigenvalue weighted by molar-refractivity contribution is -0.126. The summed E-state index contributed by atoms with van der Waals surface area (Å²) in [4.78, 5) is 35.0. The number of carbonyl (C=O) groups is 2. The molecule has 9 heteroatoms. The summed E-state index contributed by atoms with van der Waals surface area (Å²) in [5.41, 5.74) is 1.86. The van der Waals surface area contributed by atoms with E-state index in [2.05, 4.69) is 0 Å². The van der Waals surface area contributed by atoms with Crippen molar-refractivity contribution in [2.24, 2.45) is 5.92 Å². The van der Waals surface area contributed by atoms with E-state index in [1.54, 1.807) is 41.5 Å². The van der Waals surface area contributed by atoms with Gasteiger partial charge < -0.3 is 18.9 Å². The highest BCUT2D eigenvalue weighted by atomic mass is 16.7. The maximum atomic E-state index is 13.9. The molecule has 0 unspecified atom stereocenters. The van der Waals surface area contributed by atoms with Gasteiger partial charge in [-0.3, -0.25) is 14.4 Å². The number of rotatable bonds is 9. The van der Waals surface area contributed by atoms with Crippen LogP contribution in [0, 0.1) is 5.92 Å². The highest BCUT2D eigenvalue weighted by molar-refractivity contribution is 6.24. The predicted octanol–water partition coefficient (Wildman–Crippen LogP) is 4.55. The van der Waals surface area contributed by atoms with E-state index in [9.17, 15) is 9.59 Å².